The molecule has 0 aromatic rings. The van der Waals surface area contributed by atoms with E-state index in [4.69, 9.17) is 9.84 Å². The van der Waals surface area contributed by atoms with Crippen molar-refractivity contribution in [1.29, 1.82) is 0 Å². The number of likely N-dealkylation sites (tertiary alicyclic amines) is 1. The Kier molecular flexibility index (Phi) is 4.01. The molecule has 2 heterocycles. The van der Waals surface area contributed by atoms with Gasteiger partial charge < -0.3 is 19.8 Å². The van der Waals surface area contributed by atoms with Crippen LogP contribution in [0.3, 0.4) is 0 Å². The SMILES string of the molecule is O=C(O)CCN1CCC2(CC1)C[C@@H](O)CCO2. The molecule has 0 aromatic heterocycles. The predicted molar refractivity (Wildman–Crippen MR) is 61.9 cm³/mol. The maximum atomic E-state index is 10.5. The van der Waals surface area contributed by atoms with Gasteiger partial charge in [0, 0.05) is 32.7 Å². The van der Waals surface area contributed by atoms with Crippen LogP contribution in [0.25, 0.3) is 0 Å². The van der Waals surface area contributed by atoms with Crippen molar-refractivity contribution in [3.8, 4) is 0 Å². The van der Waals surface area contributed by atoms with Crippen LogP contribution in [0.2, 0.25) is 0 Å². The van der Waals surface area contributed by atoms with Crippen molar-refractivity contribution < 1.29 is 19.7 Å². The van der Waals surface area contributed by atoms with E-state index in [1.165, 1.54) is 0 Å². The number of carboxylic acid groups (broad SMARTS) is 1. The molecule has 17 heavy (non-hydrogen) atoms. The van der Waals surface area contributed by atoms with E-state index in [1.54, 1.807) is 0 Å². The van der Waals surface area contributed by atoms with E-state index >= 15 is 0 Å². The molecular formula is C12H21NO4. The van der Waals surface area contributed by atoms with Crippen molar-refractivity contribution in [3.63, 3.8) is 0 Å². The van der Waals surface area contributed by atoms with Crippen molar-refractivity contribution in [3.05, 3.63) is 0 Å². The number of aliphatic carboxylic acids is 1. The van der Waals surface area contributed by atoms with Gasteiger partial charge in [-0.3, -0.25) is 4.79 Å². The molecule has 2 saturated heterocycles. The van der Waals surface area contributed by atoms with Crippen LogP contribution in [0.5, 0.6) is 0 Å². The van der Waals surface area contributed by atoms with Gasteiger partial charge in [-0.2, -0.15) is 0 Å². The van der Waals surface area contributed by atoms with Crippen LogP contribution < -0.4 is 0 Å². The number of hydrogen-bond acceptors (Lipinski definition) is 4. The highest BCUT2D eigenvalue weighted by Crippen LogP contribution is 2.34. The first-order valence-electron chi connectivity index (χ1n) is 6.36. The summed E-state index contributed by atoms with van der Waals surface area (Å²) in [5.74, 6) is -0.741. The highest BCUT2D eigenvalue weighted by Gasteiger charge is 2.39. The molecule has 5 heteroatoms. The minimum atomic E-state index is -0.741. The Morgan fingerprint density at radius 3 is 2.71 bits per heavy atom. The summed E-state index contributed by atoms with van der Waals surface area (Å²) in [6.45, 7) is 3.02. The van der Waals surface area contributed by atoms with Crippen molar-refractivity contribution in [1.82, 2.24) is 4.90 Å². The van der Waals surface area contributed by atoms with Crippen molar-refractivity contribution >= 4 is 5.97 Å². The van der Waals surface area contributed by atoms with Crippen molar-refractivity contribution in [2.45, 2.75) is 43.8 Å². The Labute approximate surface area is 101 Å². The molecule has 98 valence electrons. The summed E-state index contributed by atoms with van der Waals surface area (Å²) in [6, 6.07) is 0. The van der Waals surface area contributed by atoms with Gasteiger partial charge in [0.05, 0.1) is 18.1 Å². The normalized spacial score (nSPS) is 29.4. The standard InChI is InChI=1S/C12H21NO4/c14-10-2-8-17-12(9-10)3-6-13(7-4-12)5-1-11(15)16/h10,14H,1-9H2,(H,15,16)/t10-/m0/s1. The molecule has 0 amide bonds. The van der Waals surface area contributed by atoms with Gasteiger partial charge in [0.1, 0.15) is 0 Å². The number of hydrogen-bond donors (Lipinski definition) is 2. The quantitative estimate of drug-likeness (QED) is 0.754. The largest absolute Gasteiger partial charge is 0.481 e. The molecule has 2 aliphatic heterocycles. The summed E-state index contributed by atoms with van der Waals surface area (Å²) in [5, 5.41) is 18.3. The molecular weight excluding hydrogens is 222 g/mol. The highest BCUT2D eigenvalue weighted by molar-refractivity contribution is 5.66. The second-order valence-electron chi connectivity index (χ2n) is 5.16. The summed E-state index contributed by atoms with van der Waals surface area (Å²) < 4.78 is 5.85. The Morgan fingerprint density at radius 1 is 1.41 bits per heavy atom. The van der Waals surface area contributed by atoms with Gasteiger partial charge in [-0.15, -0.1) is 0 Å². The van der Waals surface area contributed by atoms with E-state index < -0.39 is 5.97 Å². The third-order valence-corrected chi connectivity index (χ3v) is 3.88. The van der Waals surface area contributed by atoms with E-state index in [9.17, 15) is 9.90 Å². The summed E-state index contributed by atoms with van der Waals surface area (Å²) in [4.78, 5) is 12.7. The molecule has 2 N–H and O–H groups in total. The van der Waals surface area contributed by atoms with Crippen molar-refractivity contribution in [2.75, 3.05) is 26.2 Å². The van der Waals surface area contributed by atoms with Crippen LogP contribution in [-0.2, 0) is 9.53 Å². The zero-order chi connectivity index (χ0) is 12.3. The molecule has 2 aliphatic rings. The number of aliphatic hydroxyl groups is 1. The van der Waals surface area contributed by atoms with Crippen LogP contribution in [0.1, 0.15) is 32.1 Å². The van der Waals surface area contributed by atoms with Gasteiger partial charge in [-0.1, -0.05) is 0 Å². The van der Waals surface area contributed by atoms with Gasteiger partial charge in [0.2, 0.25) is 0 Å². The number of ether oxygens (including phenoxy) is 1. The summed E-state index contributed by atoms with van der Waals surface area (Å²) in [6.07, 6.45) is 3.27. The number of carboxylic acids is 1. The first-order valence-corrected chi connectivity index (χ1v) is 6.36. The van der Waals surface area contributed by atoms with E-state index in [2.05, 4.69) is 4.90 Å². The number of nitrogens with zero attached hydrogens (tertiary/aromatic N) is 1. The highest BCUT2D eigenvalue weighted by atomic mass is 16.5. The molecule has 0 saturated carbocycles. The maximum absolute atomic E-state index is 10.5. The monoisotopic (exact) mass is 243 g/mol. The minimum Gasteiger partial charge on any atom is -0.481 e. The number of piperidine rings is 1. The fourth-order valence-corrected chi connectivity index (χ4v) is 2.79. The first kappa shape index (κ1) is 12.8. The van der Waals surface area contributed by atoms with Gasteiger partial charge in [-0.05, 0) is 19.3 Å². The average Bonchev–Trinajstić information content (AvgIpc) is 2.28. The molecule has 0 bridgehead atoms. The van der Waals surface area contributed by atoms with Gasteiger partial charge in [0.15, 0.2) is 0 Å². The second-order valence-corrected chi connectivity index (χ2v) is 5.16. The van der Waals surface area contributed by atoms with Gasteiger partial charge >= 0.3 is 5.97 Å². The molecule has 1 spiro atoms. The lowest BCUT2D eigenvalue weighted by molar-refractivity contribution is -0.144. The van der Waals surface area contributed by atoms with E-state index in [0.29, 0.717) is 13.2 Å². The lowest BCUT2D eigenvalue weighted by atomic mass is 9.83. The molecule has 0 aliphatic carbocycles. The Balaban J connectivity index is 1.78. The number of rotatable bonds is 3. The molecule has 0 unspecified atom stereocenters. The Bertz CT molecular complexity index is 274. The number of carbonyl (C=O) groups is 1. The van der Waals surface area contributed by atoms with E-state index in [-0.39, 0.29) is 18.1 Å². The summed E-state index contributed by atoms with van der Waals surface area (Å²) in [7, 11) is 0. The summed E-state index contributed by atoms with van der Waals surface area (Å²) in [5.41, 5.74) is -0.141. The smallest absolute Gasteiger partial charge is 0.304 e. The van der Waals surface area contributed by atoms with E-state index in [1.807, 2.05) is 0 Å². The molecule has 5 nitrogen and oxygen atoms in total. The predicted octanol–water partition coefficient (Wildman–Crippen LogP) is 0.467. The average molecular weight is 243 g/mol. The first-order chi connectivity index (χ1) is 8.10. The lowest BCUT2D eigenvalue weighted by Crippen LogP contribution is -2.50. The molecule has 2 fully saturated rings. The maximum Gasteiger partial charge on any atom is 0.304 e. The Morgan fingerprint density at radius 2 is 2.12 bits per heavy atom. The van der Waals surface area contributed by atoms with Crippen molar-refractivity contribution in [2.24, 2.45) is 0 Å². The lowest BCUT2D eigenvalue weighted by Gasteiger charge is -2.45. The van der Waals surface area contributed by atoms with Crippen LogP contribution in [-0.4, -0.2) is 59.0 Å². The minimum absolute atomic E-state index is 0.141. The molecule has 1 atom stereocenters. The third kappa shape index (κ3) is 3.40. The van der Waals surface area contributed by atoms with Crippen LogP contribution in [0.4, 0.5) is 0 Å². The zero-order valence-corrected chi connectivity index (χ0v) is 10.1. The van der Waals surface area contributed by atoms with E-state index in [0.717, 1.165) is 38.8 Å². The van der Waals surface area contributed by atoms with Crippen LogP contribution >= 0.6 is 0 Å². The second kappa shape index (κ2) is 5.33. The topological polar surface area (TPSA) is 70.0 Å². The summed E-state index contributed by atoms with van der Waals surface area (Å²) >= 11 is 0. The number of aliphatic hydroxyl groups excluding tert-OH is 1. The van der Waals surface area contributed by atoms with Crippen LogP contribution in [0, 0.1) is 0 Å². The van der Waals surface area contributed by atoms with Gasteiger partial charge in [-0.25, -0.2) is 0 Å². The fourth-order valence-electron chi connectivity index (χ4n) is 2.79. The Hall–Kier alpha value is -0.650. The van der Waals surface area contributed by atoms with Crippen LogP contribution in [0.15, 0.2) is 0 Å². The third-order valence-electron chi connectivity index (χ3n) is 3.88. The molecule has 2 rings (SSSR count). The van der Waals surface area contributed by atoms with Gasteiger partial charge in [0.25, 0.3) is 0 Å². The fraction of sp³-hybridized carbons (Fsp3) is 0.917. The molecule has 0 aromatic carbocycles. The molecule has 0 radical (unpaired) electrons. The zero-order valence-electron chi connectivity index (χ0n) is 10.1.